The molecule has 98 valence electrons. The van der Waals surface area contributed by atoms with Gasteiger partial charge in [0.05, 0.1) is 23.8 Å². The number of nitro groups is 1. The highest BCUT2D eigenvalue weighted by molar-refractivity contribution is 7.80. The molecule has 0 bridgehead atoms. The quantitative estimate of drug-likeness (QED) is 0.277. The Morgan fingerprint density at radius 2 is 2.37 bits per heavy atom. The van der Waals surface area contributed by atoms with Crippen LogP contribution in [-0.2, 0) is 0 Å². The van der Waals surface area contributed by atoms with Gasteiger partial charge >= 0.3 is 0 Å². The number of nitrogens with one attached hydrogen (secondary N) is 1. The maximum Gasteiger partial charge on any atom is 0.273 e. The van der Waals surface area contributed by atoms with Crippen LogP contribution >= 0.6 is 12.2 Å². The molecule has 0 fully saturated rings. The van der Waals surface area contributed by atoms with E-state index in [9.17, 15) is 10.1 Å². The van der Waals surface area contributed by atoms with Gasteiger partial charge in [-0.3, -0.25) is 10.1 Å². The van der Waals surface area contributed by atoms with Crippen LogP contribution in [0.3, 0.4) is 0 Å². The first-order chi connectivity index (χ1) is 8.99. The van der Waals surface area contributed by atoms with E-state index in [2.05, 4.69) is 17.5 Å². The van der Waals surface area contributed by atoms with Crippen molar-refractivity contribution in [3.05, 3.63) is 40.1 Å². The molecule has 0 atom stereocenters. The summed E-state index contributed by atoms with van der Waals surface area (Å²) in [7, 11) is 1.38. The van der Waals surface area contributed by atoms with Crippen molar-refractivity contribution < 1.29 is 9.66 Å². The van der Waals surface area contributed by atoms with Crippen LogP contribution in [0.25, 0.3) is 0 Å². The van der Waals surface area contributed by atoms with Gasteiger partial charge in [0.2, 0.25) is 0 Å². The summed E-state index contributed by atoms with van der Waals surface area (Å²) in [4.78, 5) is 10.0. The van der Waals surface area contributed by atoms with Gasteiger partial charge in [0.25, 0.3) is 5.69 Å². The number of thiocarbonyl (C=S) groups is 1. The molecule has 0 aliphatic carbocycles. The van der Waals surface area contributed by atoms with E-state index in [1.807, 2.05) is 6.07 Å². The van der Waals surface area contributed by atoms with Crippen molar-refractivity contribution in [3.8, 4) is 11.8 Å². The van der Waals surface area contributed by atoms with E-state index in [1.165, 1.54) is 31.5 Å². The molecule has 1 aromatic carbocycles. The molecule has 0 unspecified atom stereocenters. The lowest BCUT2D eigenvalue weighted by molar-refractivity contribution is -0.384. The third-order valence-electron chi connectivity index (χ3n) is 2.15. The molecule has 0 spiro atoms. The Morgan fingerprint density at radius 3 is 2.84 bits per heavy atom. The predicted molar refractivity (Wildman–Crippen MR) is 73.8 cm³/mol. The molecule has 19 heavy (non-hydrogen) atoms. The first-order valence-corrected chi connectivity index (χ1v) is 5.39. The Balaban J connectivity index is 3.06. The summed E-state index contributed by atoms with van der Waals surface area (Å²) in [6, 6.07) is 5.86. The van der Waals surface area contributed by atoms with Crippen LogP contribution < -0.4 is 15.8 Å². The van der Waals surface area contributed by atoms with E-state index in [4.69, 9.17) is 15.7 Å². The maximum absolute atomic E-state index is 10.6. The summed E-state index contributed by atoms with van der Waals surface area (Å²) in [6.07, 6.45) is 1.31. The summed E-state index contributed by atoms with van der Waals surface area (Å²) < 4.78 is 5.02. The van der Waals surface area contributed by atoms with Crippen molar-refractivity contribution in [1.29, 1.82) is 5.26 Å². The number of benzene rings is 1. The minimum Gasteiger partial charge on any atom is -0.494 e. The number of non-ortho nitro benzene ring substituents is 1. The summed E-state index contributed by atoms with van der Waals surface area (Å²) >= 11 is 4.67. The zero-order valence-corrected chi connectivity index (χ0v) is 10.7. The van der Waals surface area contributed by atoms with Crippen LogP contribution in [0.5, 0.6) is 5.75 Å². The Bertz CT molecular complexity index is 592. The van der Waals surface area contributed by atoms with Crippen molar-refractivity contribution in [2.24, 2.45) is 5.73 Å². The molecule has 0 amide bonds. The molecule has 0 radical (unpaired) electrons. The molecular formula is C11H10N4O3S. The van der Waals surface area contributed by atoms with Crippen LogP contribution in [0, 0.1) is 21.4 Å². The van der Waals surface area contributed by atoms with Crippen LogP contribution in [-0.4, -0.2) is 17.0 Å². The van der Waals surface area contributed by atoms with E-state index in [0.29, 0.717) is 5.69 Å². The number of methoxy groups -OCH3 is 1. The van der Waals surface area contributed by atoms with Gasteiger partial charge in [-0.2, -0.15) is 5.26 Å². The van der Waals surface area contributed by atoms with Gasteiger partial charge in [-0.1, -0.05) is 12.2 Å². The Morgan fingerprint density at radius 1 is 1.68 bits per heavy atom. The number of hydrogen-bond donors (Lipinski definition) is 2. The van der Waals surface area contributed by atoms with E-state index in [0.717, 1.165) is 0 Å². The second kappa shape index (κ2) is 6.32. The maximum atomic E-state index is 10.6. The molecule has 8 heteroatoms. The average Bonchev–Trinajstić information content (AvgIpc) is 2.38. The molecule has 0 aromatic heterocycles. The number of nitro benzene ring substituents is 1. The fourth-order valence-corrected chi connectivity index (χ4v) is 1.33. The largest absolute Gasteiger partial charge is 0.494 e. The number of nitrogens with two attached hydrogens (primary N) is 1. The van der Waals surface area contributed by atoms with Crippen molar-refractivity contribution >= 4 is 28.6 Å². The van der Waals surface area contributed by atoms with Gasteiger partial charge in [0.1, 0.15) is 22.4 Å². The lowest BCUT2D eigenvalue weighted by Crippen LogP contribution is -2.11. The fourth-order valence-electron chi connectivity index (χ4n) is 1.22. The van der Waals surface area contributed by atoms with Gasteiger partial charge in [0, 0.05) is 12.3 Å². The van der Waals surface area contributed by atoms with Crippen molar-refractivity contribution in [2.75, 3.05) is 12.4 Å². The van der Waals surface area contributed by atoms with Gasteiger partial charge in [-0.25, -0.2) is 0 Å². The number of rotatable bonds is 5. The molecule has 0 saturated carbocycles. The number of nitrogens with zero attached hydrogens (tertiary/aromatic N) is 2. The van der Waals surface area contributed by atoms with Crippen molar-refractivity contribution in [3.63, 3.8) is 0 Å². The van der Waals surface area contributed by atoms with Gasteiger partial charge in [0.15, 0.2) is 0 Å². The third kappa shape index (κ3) is 3.65. The standard InChI is InChI=1S/C11H10N4O3S/c1-18-10-4-8(15(16)17)2-3-9(10)14-6-7(5-12)11(13)19/h2-4,6,14H,1H3,(H2,13,19)/b7-6-. The lowest BCUT2D eigenvalue weighted by Gasteiger charge is -2.08. The molecule has 0 aliphatic rings. The normalized spacial score (nSPS) is 10.4. The number of anilines is 1. The average molecular weight is 278 g/mol. The molecule has 0 heterocycles. The summed E-state index contributed by atoms with van der Waals surface area (Å²) in [5, 5.41) is 22.2. The zero-order valence-electron chi connectivity index (χ0n) is 9.91. The van der Waals surface area contributed by atoms with Crippen molar-refractivity contribution in [1.82, 2.24) is 0 Å². The van der Waals surface area contributed by atoms with Gasteiger partial charge in [-0.05, 0) is 6.07 Å². The van der Waals surface area contributed by atoms with E-state index >= 15 is 0 Å². The van der Waals surface area contributed by atoms with Crippen molar-refractivity contribution in [2.45, 2.75) is 0 Å². The first-order valence-electron chi connectivity index (χ1n) is 4.98. The highest BCUT2D eigenvalue weighted by Crippen LogP contribution is 2.29. The van der Waals surface area contributed by atoms with Crippen LogP contribution in [0.1, 0.15) is 0 Å². The third-order valence-corrected chi connectivity index (χ3v) is 2.37. The molecular weight excluding hydrogens is 268 g/mol. The monoisotopic (exact) mass is 278 g/mol. The SMILES string of the molecule is COc1cc([N+](=O)[O-])ccc1N/C=C(/C#N)C(N)=S. The molecule has 7 nitrogen and oxygen atoms in total. The van der Waals surface area contributed by atoms with Crippen LogP contribution in [0.4, 0.5) is 11.4 Å². The fraction of sp³-hybridized carbons (Fsp3) is 0.0909. The molecule has 1 rings (SSSR count). The van der Waals surface area contributed by atoms with E-state index in [-0.39, 0.29) is 22.0 Å². The highest BCUT2D eigenvalue weighted by Gasteiger charge is 2.10. The molecule has 0 aliphatic heterocycles. The first kappa shape index (κ1) is 14.4. The van der Waals surface area contributed by atoms with Gasteiger partial charge < -0.3 is 15.8 Å². The minimum atomic E-state index is -0.530. The summed E-state index contributed by atoms with van der Waals surface area (Å²) in [6.45, 7) is 0. The highest BCUT2D eigenvalue weighted by atomic mass is 32.1. The predicted octanol–water partition coefficient (Wildman–Crippen LogP) is 1.71. The van der Waals surface area contributed by atoms with E-state index < -0.39 is 4.92 Å². The van der Waals surface area contributed by atoms with E-state index in [1.54, 1.807) is 0 Å². The number of nitriles is 1. The molecule has 1 aromatic rings. The lowest BCUT2D eigenvalue weighted by atomic mass is 10.2. The van der Waals surface area contributed by atoms with Gasteiger partial charge in [-0.15, -0.1) is 0 Å². The molecule has 0 saturated heterocycles. The molecule has 3 N–H and O–H groups in total. The Labute approximate surface area is 114 Å². The second-order valence-corrected chi connectivity index (χ2v) is 3.76. The van der Waals surface area contributed by atoms with Crippen LogP contribution in [0.15, 0.2) is 30.0 Å². The minimum absolute atomic E-state index is 0.0455. The number of hydrogen-bond acceptors (Lipinski definition) is 6. The van der Waals surface area contributed by atoms with Crippen LogP contribution in [0.2, 0.25) is 0 Å². The zero-order chi connectivity index (χ0) is 14.4. The second-order valence-electron chi connectivity index (χ2n) is 3.32. The summed E-state index contributed by atoms with van der Waals surface area (Å²) in [5.41, 5.74) is 5.78. The smallest absolute Gasteiger partial charge is 0.273 e. The Kier molecular flexibility index (Phi) is 4.79. The Hall–Kier alpha value is -2.66. The number of ether oxygens (including phenoxy) is 1. The summed E-state index contributed by atoms with van der Waals surface area (Å²) in [5.74, 6) is 0.269. The topological polar surface area (TPSA) is 114 Å².